The third-order valence-corrected chi connectivity index (χ3v) is 11.6. The van der Waals surface area contributed by atoms with Gasteiger partial charge in [0.2, 0.25) is 0 Å². The molecule has 0 heterocycles. The monoisotopic (exact) mass is 793 g/mol. The molecule has 0 rings (SSSR count). The molecule has 1 unspecified atom stereocenters. The van der Waals surface area contributed by atoms with Crippen molar-refractivity contribution in [2.75, 3.05) is 13.2 Å². The molecule has 0 radical (unpaired) electrons. The van der Waals surface area contributed by atoms with Crippen LogP contribution in [-0.4, -0.2) is 37.2 Å². The maximum atomic E-state index is 12.7. The Morgan fingerprint density at radius 1 is 0.375 bits per heavy atom. The average molecular weight is 793 g/mol. The predicted octanol–water partition coefficient (Wildman–Crippen LogP) is 15.8. The van der Waals surface area contributed by atoms with E-state index >= 15 is 0 Å². The van der Waals surface area contributed by atoms with Gasteiger partial charge in [0.1, 0.15) is 13.2 Å². The van der Waals surface area contributed by atoms with Gasteiger partial charge in [0.25, 0.3) is 0 Å². The molecule has 0 amide bonds. The minimum Gasteiger partial charge on any atom is -0.462 e. The van der Waals surface area contributed by atoms with Crippen LogP contribution in [-0.2, 0) is 28.6 Å². The zero-order valence-corrected chi connectivity index (χ0v) is 38.3. The van der Waals surface area contributed by atoms with Crippen molar-refractivity contribution in [3.05, 3.63) is 0 Å². The number of ether oxygens (including phenoxy) is 3. The van der Waals surface area contributed by atoms with Crippen molar-refractivity contribution in [3.8, 4) is 0 Å². The first-order valence-corrected chi connectivity index (χ1v) is 24.8. The second kappa shape index (κ2) is 43.0. The Morgan fingerprint density at radius 2 is 0.679 bits per heavy atom. The van der Waals surface area contributed by atoms with E-state index in [9.17, 15) is 14.4 Å². The van der Waals surface area contributed by atoms with Crippen LogP contribution in [0.4, 0.5) is 0 Å². The quantitative estimate of drug-likeness (QED) is 0.0347. The van der Waals surface area contributed by atoms with Gasteiger partial charge in [0.05, 0.1) is 0 Å². The van der Waals surface area contributed by atoms with E-state index in [4.69, 9.17) is 14.2 Å². The van der Waals surface area contributed by atoms with Crippen LogP contribution in [0.1, 0.15) is 272 Å². The molecule has 0 aromatic heterocycles. The standard InChI is InChI=1S/C50H96O6/c1-6-8-9-10-11-12-13-14-15-16-19-25-30-35-40-48(51)54-43-47(56-50(53)42-37-32-27-20-17-18-23-28-33-38-45(3)4)44-55-49(52)41-36-31-26-22-21-24-29-34-39-46(5)7-2/h45-47H,6-44H2,1-5H3/t46?,47-/m1/s1. The van der Waals surface area contributed by atoms with Crippen molar-refractivity contribution in [1.82, 2.24) is 0 Å². The summed E-state index contributed by atoms with van der Waals surface area (Å²) in [5.41, 5.74) is 0. The van der Waals surface area contributed by atoms with E-state index in [1.807, 2.05) is 0 Å². The molecule has 0 aliphatic rings. The normalized spacial score (nSPS) is 12.5. The number of esters is 3. The summed E-state index contributed by atoms with van der Waals surface area (Å²) in [6.45, 7) is 11.3. The summed E-state index contributed by atoms with van der Waals surface area (Å²) in [7, 11) is 0. The van der Waals surface area contributed by atoms with Crippen LogP contribution >= 0.6 is 0 Å². The Morgan fingerprint density at radius 3 is 1.02 bits per heavy atom. The lowest BCUT2D eigenvalue weighted by Gasteiger charge is -2.18. The second-order valence-corrected chi connectivity index (χ2v) is 17.8. The molecule has 6 nitrogen and oxygen atoms in total. The highest BCUT2D eigenvalue weighted by atomic mass is 16.6. The van der Waals surface area contributed by atoms with Gasteiger partial charge in [-0.15, -0.1) is 0 Å². The molecule has 0 saturated carbocycles. The van der Waals surface area contributed by atoms with Gasteiger partial charge < -0.3 is 14.2 Å². The van der Waals surface area contributed by atoms with Gasteiger partial charge in [-0.2, -0.15) is 0 Å². The molecule has 0 N–H and O–H groups in total. The highest BCUT2D eigenvalue weighted by Crippen LogP contribution is 2.17. The highest BCUT2D eigenvalue weighted by molar-refractivity contribution is 5.71. The van der Waals surface area contributed by atoms with E-state index in [0.29, 0.717) is 19.3 Å². The number of rotatable bonds is 44. The van der Waals surface area contributed by atoms with Crippen molar-refractivity contribution >= 4 is 17.9 Å². The lowest BCUT2D eigenvalue weighted by atomic mass is 9.99. The number of hydrogen-bond donors (Lipinski definition) is 0. The third-order valence-electron chi connectivity index (χ3n) is 11.6. The second-order valence-electron chi connectivity index (χ2n) is 17.8. The molecule has 0 saturated heterocycles. The van der Waals surface area contributed by atoms with Crippen molar-refractivity contribution in [3.63, 3.8) is 0 Å². The third kappa shape index (κ3) is 42.0. The van der Waals surface area contributed by atoms with E-state index < -0.39 is 6.10 Å². The fourth-order valence-electron chi connectivity index (χ4n) is 7.43. The molecule has 0 aromatic rings. The summed E-state index contributed by atoms with van der Waals surface area (Å²) in [6, 6.07) is 0. The molecular weight excluding hydrogens is 697 g/mol. The van der Waals surface area contributed by atoms with Gasteiger partial charge in [-0.05, 0) is 31.1 Å². The summed E-state index contributed by atoms with van der Waals surface area (Å²) in [5.74, 6) is 0.800. The Balaban J connectivity index is 4.33. The molecule has 332 valence electrons. The van der Waals surface area contributed by atoms with Crippen molar-refractivity contribution in [2.24, 2.45) is 11.8 Å². The first-order valence-electron chi connectivity index (χ1n) is 24.8. The molecule has 0 aromatic carbocycles. The zero-order chi connectivity index (χ0) is 41.2. The summed E-state index contributed by atoms with van der Waals surface area (Å²) < 4.78 is 16.8. The van der Waals surface area contributed by atoms with Crippen LogP contribution in [0.2, 0.25) is 0 Å². The summed E-state index contributed by atoms with van der Waals surface area (Å²) >= 11 is 0. The van der Waals surface area contributed by atoms with Crippen LogP contribution in [0.25, 0.3) is 0 Å². The fraction of sp³-hybridized carbons (Fsp3) is 0.940. The van der Waals surface area contributed by atoms with Crippen LogP contribution in [0, 0.1) is 11.8 Å². The van der Waals surface area contributed by atoms with E-state index in [2.05, 4.69) is 34.6 Å². The van der Waals surface area contributed by atoms with Crippen LogP contribution in [0.3, 0.4) is 0 Å². The highest BCUT2D eigenvalue weighted by Gasteiger charge is 2.19. The zero-order valence-electron chi connectivity index (χ0n) is 38.3. The van der Waals surface area contributed by atoms with Gasteiger partial charge in [-0.1, -0.05) is 234 Å². The molecule has 0 fully saturated rings. The number of unbranched alkanes of at least 4 members (excludes halogenated alkanes) is 28. The lowest BCUT2D eigenvalue weighted by Crippen LogP contribution is -2.30. The van der Waals surface area contributed by atoms with Gasteiger partial charge in [0.15, 0.2) is 6.10 Å². The van der Waals surface area contributed by atoms with Crippen LogP contribution < -0.4 is 0 Å². The van der Waals surface area contributed by atoms with Gasteiger partial charge >= 0.3 is 17.9 Å². The SMILES string of the molecule is CCCCCCCCCCCCCCCCC(=O)OC[C@H](COC(=O)CCCCCCCCCCC(C)CC)OC(=O)CCCCCCCCCCCC(C)C. The van der Waals surface area contributed by atoms with Gasteiger partial charge in [-0.3, -0.25) is 14.4 Å². The molecular formula is C50H96O6. The Kier molecular flexibility index (Phi) is 41.8. The van der Waals surface area contributed by atoms with E-state index in [1.54, 1.807) is 0 Å². The molecule has 56 heavy (non-hydrogen) atoms. The van der Waals surface area contributed by atoms with E-state index in [0.717, 1.165) is 69.6 Å². The topological polar surface area (TPSA) is 78.9 Å². The molecule has 0 spiro atoms. The van der Waals surface area contributed by atoms with Gasteiger partial charge in [0, 0.05) is 19.3 Å². The maximum Gasteiger partial charge on any atom is 0.306 e. The van der Waals surface area contributed by atoms with E-state index in [-0.39, 0.29) is 31.1 Å². The first kappa shape index (κ1) is 54.4. The molecule has 0 aliphatic heterocycles. The Labute approximate surface area is 348 Å². The first-order chi connectivity index (χ1) is 27.3. The molecule has 0 bridgehead atoms. The smallest absolute Gasteiger partial charge is 0.306 e. The summed E-state index contributed by atoms with van der Waals surface area (Å²) in [5, 5.41) is 0. The van der Waals surface area contributed by atoms with Crippen molar-refractivity contribution in [1.29, 1.82) is 0 Å². The van der Waals surface area contributed by atoms with Crippen molar-refractivity contribution < 1.29 is 28.6 Å². The molecule has 6 heteroatoms. The minimum absolute atomic E-state index is 0.0645. The molecule has 0 aliphatic carbocycles. The fourth-order valence-corrected chi connectivity index (χ4v) is 7.43. The molecule has 2 atom stereocenters. The predicted molar refractivity (Wildman–Crippen MR) is 238 cm³/mol. The Hall–Kier alpha value is -1.59. The minimum atomic E-state index is -0.761. The lowest BCUT2D eigenvalue weighted by molar-refractivity contribution is -0.167. The van der Waals surface area contributed by atoms with Crippen LogP contribution in [0.15, 0.2) is 0 Å². The summed E-state index contributed by atoms with van der Waals surface area (Å²) in [4.78, 5) is 37.8. The van der Waals surface area contributed by atoms with Crippen molar-refractivity contribution in [2.45, 2.75) is 278 Å². The Bertz CT molecular complexity index is 856. The average Bonchev–Trinajstić information content (AvgIpc) is 3.18. The summed E-state index contributed by atoms with van der Waals surface area (Å²) in [6.07, 6.45) is 42.2. The largest absolute Gasteiger partial charge is 0.462 e. The number of carbonyl (C=O) groups is 3. The van der Waals surface area contributed by atoms with E-state index in [1.165, 1.54) is 161 Å². The number of carbonyl (C=O) groups excluding carboxylic acids is 3. The maximum absolute atomic E-state index is 12.7. The number of hydrogen-bond acceptors (Lipinski definition) is 6. The van der Waals surface area contributed by atoms with Crippen LogP contribution in [0.5, 0.6) is 0 Å². The van der Waals surface area contributed by atoms with Gasteiger partial charge in [-0.25, -0.2) is 0 Å².